The van der Waals surface area contributed by atoms with E-state index in [1.54, 1.807) is 19.1 Å². The molecular weight excluding hydrogens is 190 g/mol. The molecule has 0 aliphatic rings. The van der Waals surface area contributed by atoms with Gasteiger partial charge in [-0.25, -0.2) is 4.98 Å². The van der Waals surface area contributed by atoms with Gasteiger partial charge in [-0.15, -0.1) is 0 Å². The zero-order chi connectivity index (χ0) is 9.84. The Bertz CT molecular complexity index is 314. The molecule has 1 aromatic heterocycles. The third-order valence-corrected chi connectivity index (χ3v) is 1.61. The van der Waals surface area contributed by atoms with Crippen LogP contribution in [0.3, 0.4) is 0 Å². The fourth-order valence-electron chi connectivity index (χ4n) is 0.736. The SMILES string of the molecule is C[C@H](N)C(=O)Nc1ccnc(Cl)c1. The quantitative estimate of drug-likeness (QED) is 0.699. The highest BCUT2D eigenvalue weighted by Gasteiger charge is 2.06. The molecule has 5 heteroatoms. The van der Waals surface area contributed by atoms with E-state index in [9.17, 15) is 4.79 Å². The zero-order valence-electron chi connectivity index (χ0n) is 7.12. The van der Waals surface area contributed by atoms with Gasteiger partial charge in [0.25, 0.3) is 0 Å². The highest BCUT2D eigenvalue weighted by atomic mass is 35.5. The van der Waals surface area contributed by atoms with E-state index < -0.39 is 6.04 Å². The van der Waals surface area contributed by atoms with Crippen LogP contribution < -0.4 is 11.1 Å². The van der Waals surface area contributed by atoms with Crippen molar-refractivity contribution in [3.8, 4) is 0 Å². The predicted octanol–water partition coefficient (Wildman–Crippen LogP) is 1.02. The summed E-state index contributed by atoms with van der Waals surface area (Å²) in [5.74, 6) is -0.248. The lowest BCUT2D eigenvalue weighted by molar-refractivity contribution is -0.117. The summed E-state index contributed by atoms with van der Waals surface area (Å²) in [6.45, 7) is 1.61. The lowest BCUT2D eigenvalue weighted by atomic mass is 10.3. The number of nitrogens with two attached hydrogens (primary N) is 1. The minimum Gasteiger partial charge on any atom is -0.325 e. The van der Waals surface area contributed by atoms with Crippen LogP contribution in [0.5, 0.6) is 0 Å². The first-order valence-electron chi connectivity index (χ1n) is 3.77. The minimum atomic E-state index is -0.535. The Balaban J connectivity index is 2.69. The standard InChI is InChI=1S/C8H10ClN3O/c1-5(10)8(13)12-6-2-3-11-7(9)4-6/h2-5H,10H2,1H3,(H,11,12,13)/t5-/m0/s1. The number of hydrogen-bond acceptors (Lipinski definition) is 3. The van der Waals surface area contributed by atoms with Crippen LogP contribution in [-0.2, 0) is 4.79 Å². The molecule has 0 radical (unpaired) electrons. The minimum absolute atomic E-state index is 0.248. The fraction of sp³-hybridized carbons (Fsp3) is 0.250. The van der Waals surface area contributed by atoms with Crippen LogP contribution in [0.2, 0.25) is 5.15 Å². The molecule has 1 amide bonds. The van der Waals surface area contributed by atoms with Crippen LogP contribution in [-0.4, -0.2) is 16.9 Å². The number of pyridine rings is 1. The Kier molecular flexibility index (Phi) is 3.22. The van der Waals surface area contributed by atoms with Gasteiger partial charge in [0.05, 0.1) is 6.04 Å². The number of aromatic nitrogens is 1. The predicted molar refractivity (Wildman–Crippen MR) is 51.5 cm³/mol. The maximum Gasteiger partial charge on any atom is 0.241 e. The molecule has 1 aromatic rings. The van der Waals surface area contributed by atoms with Crippen molar-refractivity contribution >= 4 is 23.2 Å². The van der Waals surface area contributed by atoms with Crippen LogP contribution in [0, 0.1) is 0 Å². The Hall–Kier alpha value is -1.13. The second-order valence-corrected chi connectivity index (χ2v) is 3.03. The van der Waals surface area contributed by atoms with Gasteiger partial charge in [0.15, 0.2) is 0 Å². The van der Waals surface area contributed by atoms with Gasteiger partial charge in [0, 0.05) is 11.9 Å². The van der Waals surface area contributed by atoms with Crippen LogP contribution in [0.15, 0.2) is 18.3 Å². The molecule has 3 N–H and O–H groups in total. The van der Waals surface area contributed by atoms with Crippen LogP contribution >= 0.6 is 11.6 Å². The smallest absolute Gasteiger partial charge is 0.241 e. The van der Waals surface area contributed by atoms with E-state index in [4.69, 9.17) is 17.3 Å². The molecule has 0 spiro atoms. The van der Waals surface area contributed by atoms with E-state index >= 15 is 0 Å². The van der Waals surface area contributed by atoms with Gasteiger partial charge in [0.1, 0.15) is 5.15 Å². The summed E-state index contributed by atoms with van der Waals surface area (Å²) in [5, 5.41) is 2.93. The van der Waals surface area contributed by atoms with Crippen molar-refractivity contribution < 1.29 is 4.79 Å². The normalized spacial score (nSPS) is 12.2. The Labute approximate surface area is 81.1 Å². The Morgan fingerprint density at radius 1 is 1.77 bits per heavy atom. The van der Waals surface area contributed by atoms with Crippen molar-refractivity contribution in [2.75, 3.05) is 5.32 Å². The molecule has 0 aliphatic heterocycles. The second-order valence-electron chi connectivity index (χ2n) is 2.65. The summed E-state index contributed by atoms with van der Waals surface area (Å²) in [7, 11) is 0. The number of halogens is 1. The van der Waals surface area contributed by atoms with Gasteiger partial charge >= 0.3 is 0 Å². The number of nitrogens with one attached hydrogen (secondary N) is 1. The van der Waals surface area contributed by atoms with Crippen LogP contribution in [0.1, 0.15) is 6.92 Å². The van der Waals surface area contributed by atoms with E-state index in [0.717, 1.165) is 0 Å². The molecular formula is C8H10ClN3O. The highest BCUT2D eigenvalue weighted by molar-refractivity contribution is 6.29. The lowest BCUT2D eigenvalue weighted by Gasteiger charge is -2.06. The Morgan fingerprint density at radius 2 is 2.46 bits per heavy atom. The number of anilines is 1. The molecule has 0 saturated carbocycles. The first kappa shape index (κ1) is 9.95. The topological polar surface area (TPSA) is 68.0 Å². The summed E-state index contributed by atoms with van der Waals surface area (Å²) in [4.78, 5) is 14.9. The summed E-state index contributed by atoms with van der Waals surface area (Å²) >= 11 is 5.61. The molecule has 0 bridgehead atoms. The molecule has 70 valence electrons. The summed E-state index contributed by atoms with van der Waals surface area (Å²) in [6.07, 6.45) is 1.51. The zero-order valence-corrected chi connectivity index (χ0v) is 7.88. The number of rotatable bonds is 2. The number of carbonyl (C=O) groups excluding carboxylic acids is 1. The average molecular weight is 200 g/mol. The lowest BCUT2D eigenvalue weighted by Crippen LogP contribution is -2.32. The van der Waals surface area contributed by atoms with Crippen LogP contribution in [0.25, 0.3) is 0 Å². The summed E-state index contributed by atoms with van der Waals surface area (Å²) < 4.78 is 0. The number of carbonyl (C=O) groups is 1. The maximum absolute atomic E-state index is 11.1. The second kappa shape index (κ2) is 4.20. The highest BCUT2D eigenvalue weighted by Crippen LogP contribution is 2.11. The molecule has 0 unspecified atom stereocenters. The average Bonchev–Trinajstić information content (AvgIpc) is 2.04. The van der Waals surface area contributed by atoms with E-state index in [1.807, 2.05) is 0 Å². The first-order chi connectivity index (χ1) is 6.09. The third-order valence-electron chi connectivity index (χ3n) is 1.41. The van der Waals surface area contributed by atoms with Crippen molar-refractivity contribution in [3.63, 3.8) is 0 Å². The molecule has 0 fully saturated rings. The molecule has 1 heterocycles. The summed E-state index contributed by atoms with van der Waals surface area (Å²) in [6, 6.07) is 2.67. The van der Waals surface area contributed by atoms with Gasteiger partial charge in [-0.2, -0.15) is 0 Å². The molecule has 0 saturated heterocycles. The van der Waals surface area contributed by atoms with E-state index in [1.165, 1.54) is 6.20 Å². The molecule has 1 atom stereocenters. The molecule has 13 heavy (non-hydrogen) atoms. The third kappa shape index (κ3) is 3.01. The maximum atomic E-state index is 11.1. The number of amides is 1. The van der Waals surface area contributed by atoms with Crippen molar-refractivity contribution in [1.29, 1.82) is 0 Å². The van der Waals surface area contributed by atoms with Crippen molar-refractivity contribution in [3.05, 3.63) is 23.5 Å². The molecule has 4 nitrogen and oxygen atoms in total. The summed E-state index contributed by atoms with van der Waals surface area (Å²) in [5.41, 5.74) is 5.96. The fourth-order valence-corrected chi connectivity index (χ4v) is 0.910. The van der Waals surface area contributed by atoms with Crippen LogP contribution in [0.4, 0.5) is 5.69 Å². The monoisotopic (exact) mass is 199 g/mol. The van der Waals surface area contributed by atoms with Crippen molar-refractivity contribution in [2.45, 2.75) is 13.0 Å². The van der Waals surface area contributed by atoms with Gasteiger partial charge in [0.2, 0.25) is 5.91 Å². The van der Waals surface area contributed by atoms with Crippen molar-refractivity contribution in [1.82, 2.24) is 4.98 Å². The van der Waals surface area contributed by atoms with Gasteiger partial charge in [-0.3, -0.25) is 4.79 Å². The van der Waals surface area contributed by atoms with E-state index in [0.29, 0.717) is 10.8 Å². The Morgan fingerprint density at radius 3 is 3.00 bits per heavy atom. The largest absolute Gasteiger partial charge is 0.325 e. The molecule has 1 rings (SSSR count). The van der Waals surface area contributed by atoms with Gasteiger partial charge in [-0.1, -0.05) is 11.6 Å². The van der Waals surface area contributed by atoms with E-state index in [2.05, 4.69) is 10.3 Å². The van der Waals surface area contributed by atoms with Gasteiger partial charge in [-0.05, 0) is 19.1 Å². The van der Waals surface area contributed by atoms with Crippen molar-refractivity contribution in [2.24, 2.45) is 5.73 Å². The van der Waals surface area contributed by atoms with E-state index in [-0.39, 0.29) is 5.91 Å². The number of hydrogen-bond donors (Lipinski definition) is 2. The first-order valence-corrected chi connectivity index (χ1v) is 4.15. The molecule has 0 aliphatic carbocycles. The molecule has 0 aromatic carbocycles. The number of nitrogens with zero attached hydrogens (tertiary/aromatic N) is 1. The van der Waals surface area contributed by atoms with Gasteiger partial charge < -0.3 is 11.1 Å².